The van der Waals surface area contributed by atoms with Crippen LogP contribution >= 0.6 is 0 Å². The molecule has 21 heavy (non-hydrogen) atoms. The van der Waals surface area contributed by atoms with E-state index in [1.54, 1.807) is 27.7 Å². The molecule has 0 radical (unpaired) electrons. The lowest BCUT2D eigenvalue weighted by Crippen LogP contribution is -2.50. The number of esters is 1. The summed E-state index contributed by atoms with van der Waals surface area (Å²) in [5.41, 5.74) is -0.608. The van der Waals surface area contributed by atoms with E-state index in [0.717, 1.165) is 12.8 Å². The molecular weight excluding hydrogens is 274 g/mol. The Bertz CT molecular complexity index is 399. The Balaban J connectivity index is 2.70. The van der Waals surface area contributed by atoms with Crippen molar-refractivity contribution < 1.29 is 23.9 Å². The van der Waals surface area contributed by atoms with Gasteiger partial charge in [0, 0.05) is 6.54 Å². The van der Waals surface area contributed by atoms with Crippen molar-refractivity contribution in [2.24, 2.45) is 0 Å². The monoisotopic (exact) mass is 299 g/mol. The molecule has 0 saturated carbocycles. The van der Waals surface area contributed by atoms with Gasteiger partial charge < -0.3 is 9.47 Å². The van der Waals surface area contributed by atoms with Gasteiger partial charge in [-0.05, 0) is 47.0 Å². The second-order valence-electron chi connectivity index (χ2n) is 6.13. The fraction of sp³-hybridized carbons (Fsp3) is 0.800. The fourth-order valence-electron chi connectivity index (χ4n) is 2.28. The average molecular weight is 299 g/mol. The summed E-state index contributed by atoms with van der Waals surface area (Å²) >= 11 is 0. The zero-order chi connectivity index (χ0) is 16.0. The molecule has 0 aromatic rings. The van der Waals surface area contributed by atoms with Crippen molar-refractivity contribution in [3.63, 3.8) is 0 Å². The van der Waals surface area contributed by atoms with Crippen LogP contribution in [-0.4, -0.2) is 47.5 Å². The van der Waals surface area contributed by atoms with Crippen LogP contribution in [0.2, 0.25) is 0 Å². The quantitative estimate of drug-likeness (QED) is 0.588. The maximum absolute atomic E-state index is 12.2. The Morgan fingerprint density at radius 3 is 2.43 bits per heavy atom. The number of ketones is 1. The normalized spacial score (nSPS) is 19.0. The SMILES string of the molecule is CCOC(=O)CC(=O)[C@H]1CCCCN1C(=O)OC(C)(C)C. The van der Waals surface area contributed by atoms with Crippen molar-refractivity contribution in [3.05, 3.63) is 0 Å². The summed E-state index contributed by atoms with van der Waals surface area (Å²) in [5.74, 6) is -0.823. The Labute approximate surface area is 125 Å². The van der Waals surface area contributed by atoms with Gasteiger partial charge in [0.1, 0.15) is 12.0 Å². The maximum atomic E-state index is 12.2. The van der Waals surface area contributed by atoms with Crippen molar-refractivity contribution in [1.29, 1.82) is 0 Å². The molecule has 6 heteroatoms. The summed E-state index contributed by atoms with van der Waals surface area (Å²) in [5, 5.41) is 0. The van der Waals surface area contributed by atoms with Crippen LogP contribution in [0.1, 0.15) is 53.4 Å². The molecule has 0 spiro atoms. The first kappa shape index (κ1) is 17.5. The van der Waals surface area contributed by atoms with Crippen LogP contribution in [0.15, 0.2) is 0 Å². The predicted octanol–water partition coefficient (Wildman–Crippen LogP) is 2.30. The number of hydrogen-bond acceptors (Lipinski definition) is 5. The lowest BCUT2D eigenvalue weighted by Gasteiger charge is -2.35. The summed E-state index contributed by atoms with van der Waals surface area (Å²) in [6.45, 7) is 7.76. The van der Waals surface area contributed by atoms with Gasteiger partial charge >= 0.3 is 12.1 Å². The molecule has 1 amide bonds. The van der Waals surface area contributed by atoms with Gasteiger partial charge in [0.25, 0.3) is 0 Å². The van der Waals surface area contributed by atoms with E-state index >= 15 is 0 Å². The molecule has 6 nitrogen and oxygen atoms in total. The second-order valence-corrected chi connectivity index (χ2v) is 6.13. The van der Waals surface area contributed by atoms with Crippen LogP contribution in [0.25, 0.3) is 0 Å². The van der Waals surface area contributed by atoms with Crippen LogP contribution in [-0.2, 0) is 19.1 Å². The van der Waals surface area contributed by atoms with Gasteiger partial charge in [-0.15, -0.1) is 0 Å². The number of amides is 1. The standard InChI is InChI=1S/C15H25NO5/c1-5-20-13(18)10-12(17)11-8-6-7-9-16(11)14(19)21-15(2,3)4/h11H,5-10H2,1-4H3/t11-/m1/s1. The van der Waals surface area contributed by atoms with Crippen LogP contribution < -0.4 is 0 Å². The summed E-state index contributed by atoms with van der Waals surface area (Å²) in [6, 6.07) is -0.585. The molecule has 1 heterocycles. The molecule has 1 aliphatic heterocycles. The number of ether oxygens (including phenoxy) is 2. The minimum absolute atomic E-state index is 0.243. The molecule has 0 unspecified atom stereocenters. The minimum atomic E-state index is -0.608. The molecule has 1 fully saturated rings. The first-order valence-electron chi connectivity index (χ1n) is 7.42. The van der Waals surface area contributed by atoms with Crippen molar-refractivity contribution in [2.75, 3.05) is 13.2 Å². The van der Waals surface area contributed by atoms with Crippen LogP contribution in [0.3, 0.4) is 0 Å². The van der Waals surface area contributed by atoms with Gasteiger partial charge in [0.15, 0.2) is 5.78 Å². The molecule has 1 atom stereocenters. The topological polar surface area (TPSA) is 72.9 Å². The second kappa shape index (κ2) is 7.43. The molecule has 1 saturated heterocycles. The van der Waals surface area contributed by atoms with E-state index in [-0.39, 0.29) is 18.8 Å². The summed E-state index contributed by atoms with van der Waals surface area (Å²) < 4.78 is 10.1. The lowest BCUT2D eigenvalue weighted by atomic mass is 9.97. The van der Waals surface area contributed by atoms with E-state index in [2.05, 4.69) is 0 Å². The fourth-order valence-corrected chi connectivity index (χ4v) is 2.28. The van der Waals surface area contributed by atoms with Crippen molar-refractivity contribution in [1.82, 2.24) is 4.90 Å². The molecule has 1 rings (SSSR count). The first-order chi connectivity index (χ1) is 9.74. The van der Waals surface area contributed by atoms with E-state index in [4.69, 9.17) is 9.47 Å². The van der Waals surface area contributed by atoms with E-state index in [1.165, 1.54) is 4.90 Å². The predicted molar refractivity (Wildman–Crippen MR) is 76.8 cm³/mol. The highest BCUT2D eigenvalue weighted by Gasteiger charge is 2.35. The smallest absolute Gasteiger partial charge is 0.410 e. The maximum Gasteiger partial charge on any atom is 0.410 e. The van der Waals surface area contributed by atoms with E-state index in [9.17, 15) is 14.4 Å². The Hall–Kier alpha value is -1.59. The van der Waals surface area contributed by atoms with Gasteiger partial charge in [0.05, 0.1) is 12.6 Å². The third kappa shape index (κ3) is 5.73. The number of nitrogens with zero attached hydrogens (tertiary/aromatic N) is 1. The largest absolute Gasteiger partial charge is 0.466 e. The molecule has 0 aliphatic carbocycles. The summed E-state index contributed by atoms with van der Waals surface area (Å²) in [7, 11) is 0. The van der Waals surface area contributed by atoms with Gasteiger partial charge in [-0.2, -0.15) is 0 Å². The highest BCUT2D eigenvalue weighted by atomic mass is 16.6. The van der Waals surface area contributed by atoms with Gasteiger partial charge in [0.2, 0.25) is 0 Å². The zero-order valence-electron chi connectivity index (χ0n) is 13.3. The molecule has 120 valence electrons. The van der Waals surface area contributed by atoms with Gasteiger partial charge in [-0.1, -0.05) is 0 Å². The van der Waals surface area contributed by atoms with Crippen LogP contribution in [0, 0.1) is 0 Å². The van der Waals surface area contributed by atoms with Crippen molar-refractivity contribution in [3.8, 4) is 0 Å². The Morgan fingerprint density at radius 1 is 1.19 bits per heavy atom. The third-order valence-electron chi connectivity index (χ3n) is 3.13. The van der Waals surface area contributed by atoms with Crippen LogP contribution in [0.5, 0.6) is 0 Å². The third-order valence-corrected chi connectivity index (χ3v) is 3.13. The van der Waals surface area contributed by atoms with Crippen molar-refractivity contribution in [2.45, 2.75) is 65.0 Å². The number of carbonyl (C=O) groups excluding carboxylic acids is 3. The first-order valence-corrected chi connectivity index (χ1v) is 7.42. The van der Waals surface area contributed by atoms with E-state index in [0.29, 0.717) is 13.0 Å². The molecule has 0 N–H and O–H groups in total. The number of piperidine rings is 1. The number of carbonyl (C=O) groups is 3. The number of hydrogen-bond donors (Lipinski definition) is 0. The Morgan fingerprint density at radius 2 is 1.86 bits per heavy atom. The number of likely N-dealkylation sites (tertiary alicyclic amines) is 1. The van der Waals surface area contributed by atoms with Crippen molar-refractivity contribution >= 4 is 17.8 Å². The minimum Gasteiger partial charge on any atom is -0.466 e. The summed E-state index contributed by atoms with van der Waals surface area (Å²) in [4.78, 5) is 37.3. The van der Waals surface area contributed by atoms with Crippen LogP contribution in [0.4, 0.5) is 4.79 Å². The highest BCUT2D eigenvalue weighted by molar-refractivity contribution is 5.99. The highest BCUT2D eigenvalue weighted by Crippen LogP contribution is 2.22. The number of rotatable bonds is 4. The lowest BCUT2D eigenvalue weighted by molar-refractivity contribution is -0.146. The zero-order valence-corrected chi connectivity index (χ0v) is 13.3. The van der Waals surface area contributed by atoms with Gasteiger partial charge in [-0.3, -0.25) is 14.5 Å². The Kier molecular flexibility index (Phi) is 6.18. The molecular formula is C15H25NO5. The van der Waals surface area contributed by atoms with E-state index < -0.39 is 23.7 Å². The average Bonchev–Trinajstić information content (AvgIpc) is 2.36. The van der Waals surface area contributed by atoms with E-state index in [1.807, 2.05) is 0 Å². The summed E-state index contributed by atoms with van der Waals surface area (Å²) in [6.07, 6.45) is 1.47. The van der Waals surface area contributed by atoms with Gasteiger partial charge in [-0.25, -0.2) is 4.79 Å². The number of Topliss-reactive ketones (excluding diaryl/α,β-unsaturated/α-hetero) is 1. The molecule has 0 bridgehead atoms. The molecule has 0 aromatic heterocycles. The molecule has 0 aromatic carbocycles. The molecule has 1 aliphatic rings.